The quantitative estimate of drug-likeness (QED) is 0.493. The highest BCUT2D eigenvalue weighted by Crippen LogP contribution is 2.17. The maximum atomic E-state index is 11.9. The van der Waals surface area contributed by atoms with Crippen molar-refractivity contribution in [1.82, 2.24) is 20.5 Å². The predicted octanol–water partition coefficient (Wildman–Crippen LogP) is 3.15. The molecule has 8 heteroatoms. The maximum Gasteiger partial charge on any atom is 0.220 e. The van der Waals surface area contributed by atoms with Gasteiger partial charge in [-0.05, 0) is 54.6 Å². The number of amides is 1. The normalized spacial score (nSPS) is 10.4. The molecular formula is C19H22N6OS. The topological polar surface area (TPSA) is 91.8 Å². The minimum Gasteiger partial charge on any atom is -0.367 e. The molecule has 7 nitrogen and oxygen atoms in total. The van der Waals surface area contributed by atoms with E-state index in [1.807, 2.05) is 30.3 Å². The summed E-state index contributed by atoms with van der Waals surface area (Å²) in [5.74, 6) is 2.06. The third kappa shape index (κ3) is 6.03. The summed E-state index contributed by atoms with van der Waals surface area (Å²) >= 11 is 1.70. The fraction of sp³-hybridized carbons (Fsp3) is 0.263. The molecule has 0 atom stereocenters. The van der Waals surface area contributed by atoms with Gasteiger partial charge in [-0.2, -0.15) is 0 Å². The van der Waals surface area contributed by atoms with E-state index in [-0.39, 0.29) is 5.91 Å². The van der Waals surface area contributed by atoms with Crippen LogP contribution in [0.1, 0.15) is 16.9 Å². The number of carbonyl (C=O) groups is 1. The molecule has 3 rings (SSSR count). The zero-order valence-corrected chi connectivity index (χ0v) is 15.9. The lowest BCUT2D eigenvalue weighted by molar-refractivity contribution is -0.120. The fourth-order valence-electron chi connectivity index (χ4n) is 2.43. The Labute approximate surface area is 162 Å². The molecule has 0 aliphatic rings. The van der Waals surface area contributed by atoms with Crippen LogP contribution in [-0.2, 0) is 11.2 Å². The van der Waals surface area contributed by atoms with Gasteiger partial charge in [-0.3, -0.25) is 4.79 Å². The largest absolute Gasteiger partial charge is 0.367 e. The highest BCUT2D eigenvalue weighted by atomic mass is 32.1. The summed E-state index contributed by atoms with van der Waals surface area (Å²) in [6.07, 6.45) is 3.01. The number of aromatic nitrogens is 3. The Kier molecular flexibility index (Phi) is 6.70. The second-order valence-electron chi connectivity index (χ2n) is 5.95. The van der Waals surface area contributed by atoms with Crippen LogP contribution in [-0.4, -0.2) is 34.2 Å². The molecule has 27 heavy (non-hydrogen) atoms. The Morgan fingerprint density at radius 2 is 1.89 bits per heavy atom. The first kappa shape index (κ1) is 18.8. The van der Waals surface area contributed by atoms with Gasteiger partial charge in [-0.25, -0.2) is 4.98 Å². The van der Waals surface area contributed by atoms with E-state index < -0.39 is 0 Å². The molecule has 0 aromatic carbocycles. The van der Waals surface area contributed by atoms with E-state index in [1.165, 1.54) is 10.4 Å². The van der Waals surface area contributed by atoms with E-state index >= 15 is 0 Å². The van der Waals surface area contributed by atoms with E-state index in [1.54, 1.807) is 17.5 Å². The summed E-state index contributed by atoms with van der Waals surface area (Å²) in [4.78, 5) is 17.4. The number of carbonyl (C=O) groups excluding carboxylic acids is 1. The van der Waals surface area contributed by atoms with Crippen molar-refractivity contribution in [2.24, 2.45) is 0 Å². The summed E-state index contributed by atoms with van der Waals surface area (Å²) in [6.45, 7) is 3.20. The molecule has 140 valence electrons. The number of thiophene rings is 1. The second-order valence-corrected chi connectivity index (χ2v) is 6.95. The van der Waals surface area contributed by atoms with Gasteiger partial charge in [0.25, 0.3) is 0 Å². The zero-order chi connectivity index (χ0) is 18.9. The molecule has 0 aliphatic heterocycles. The third-order valence-corrected chi connectivity index (χ3v) is 4.97. The van der Waals surface area contributed by atoms with Crippen molar-refractivity contribution < 1.29 is 4.79 Å². The van der Waals surface area contributed by atoms with E-state index in [0.717, 1.165) is 6.42 Å². The van der Waals surface area contributed by atoms with Gasteiger partial charge in [0.1, 0.15) is 11.6 Å². The standard InChI is InChI=1S/C19H22N6OS/c1-14-9-13-27-15(14)5-8-19(26)22-12-11-21-17-6-7-18(25-24-17)23-16-4-2-3-10-20-16/h2-4,6-7,9-10,13H,5,8,11-12H2,1H3,(H,21,24)(H,22,26)(H,20,23,25). The zero-order valence-electron chi connectivity index (χ0n) is 15.1. The minimum atomic E-state index is 0.0607. The molecule has 0 bridgehead atoms. The van der Waals surface area contributed by atoms with Crippen LogP contribution in [0.25, 0.3) is 0 Å². The minimum absolute atomic E-state index is 0.0607. The molecule has 0 unspecified atom stereocenters. The van der Waals surface area contributed by atoms with Crippen LogP contribution in [0.4, 0.5) is 17.5 Å². The summed E-state index contributed by atoms with van der Waals surface area (Å²) in [5, 5.41) is 19.4. The number of pyridine rings is 1. The van der Waals surface area contributed by atoms with E-state index in [2.05, 4.69) is 49.5 Å². The first-order valence-electron chi connectivity index (χ1n) is 8.76. The summed E-state index contributed by atoms with van der Waals surface area (Å²) < 4.78 is 0. The Balaban J connectivity index is 1.34. The number of hydrogen-bond donors (Lipinski definition) is 3. The first-order valence-corrected chi connectivity index (χ1v) is 9.64. The maximum absolute atomic E-state index is 11.9. The number of rotatable bonds is 9. The summed E-state index contributed by atoms with van der Waals surface area (Å²) in [7, 11) is 0. The van der Waals surface area contributed by atoms with Crippen molar-refractivity contribution >= 4 is 34.7 Å². The monoisotopic (exact) mass is 382 g/mol. The van der Waals surface area contributed by atoms with E-state index in [4.69, 9.17) is 0 Å². The number of hydrogen-bond acceptors (Lipinski definition) is 7. The molecule has 0 radical (unpaired) electrons. The van der Waals surface area contributed by atoms with Gasteiger partial charge < -0.3 is 16.0 Å². The summed E-state index contributed by atoms with van der Waals surface area (Å²) in [6, 6.07) is 11.3. The molecule has 1 amide bonds. The van der Waals surface area contributed by atoms with E-state index in [9.17, 15) is 4.79 Å². The van der Waals surface area contributed by atoms with Crippen molar-refractivity contribution in [3.05, 3.63) is 58.4 Å². The summed E-state index contributed by atoms with van der Waals surface area (Å²) in [5.41, 5.74) is 1.26. The molecule has 0 fully saturated rings. The van der Waals surface area contributed by atoms with Crippen molar-refractivity contribution in [2.75, 3.05) is 23.7 Å². The van der Waals surface area contributed by atoms with Gasteiger partial charge in [0.05, 0.1) is 0 Å². The average molecular weight is 382 g/mol. The lowest BCUT2D eigenvalue weighted by Gasteiger charge is -2.08. The lowest BCUT2D eigenvalue weighted by atomic mass is 10.2. The van der Waals surface area contributed by atoms with Crippen LogP contribution in [0.2, 0.25) is 0 Å². The smallest absolute Gasteiger partial charge is 0.220 e. The van der Waals surface area contributed by atoms with Gasteiger partial charge >= 0.3 is 0 Å². The third-order valence-electron chi connectivity index (χ3n) is 3.89. The van der Waals surface area contributed by atoms with Gasteiger partial charge in [0.15, 0.2) is 5.82 Å². The molecule has 3 aromatic rings. The SMILES string of the molecule is Cc1ccsc1CCC(=O)NCCNc1ccc(Nc2ccccn2)nn1. The van der Waals surface area contributed by atoms with Crippen LogP contribution >= 0.6 is 11.3 Å². The molecule has 3 aromatic heterocycles. The molecule has 0 saturated heterocycles. The highest BCUT2D eigenvalue weighted by Gasteiger charge is 2.05. The number of anilines is 3. The predicted molar refractivity (Wildman–Crippen MR) is 108 cm³/mol. The van der Waals surface area contributed by atoms with Crippen LogP contribution < -0.4 is 16.0 Å². The Morgan fingerprint density at radius 1 is 1.04 bits per heavy atom. The molecule has 3 N–H and O–H groups in total. The van der Waals surface area contributed by atoms with Gasteiger partial charge in [0.2, 0.25) is 5.91 Å². The number of aryl methyl sites for hydroxylation is 2. The van der Waals surface area contributed by atoms with Crippen LogP contribution in [0.3, 0.4) is 0 Å². The molecule has 0 saturated carbocycles. The molecule has 0 aliphatic carbocycles. The van der Waals surface area contributed by atoms with Crippen molar-refractivity contribution in [3.63, 3.8) is 0 Å². The lowest BCUT2D eigenvalue weighted by Crippen LogP contribution is -2.29. The van der Waals surface area contributed by atoms with Crippen molar-refractivity contribution in [2.45, 2.75) is 19.8 Å². The number of nitrogens with zero attached hydrogens (tertiary/aromatic N) is 3. The Morgan fingerprint density at radius 3 is 2.59 bits per heavy atom. The van der Waals surface area contributed by atoms with Crippen LogP contribution in [0, 0.1) is 6.92 Å². The van der Waals surface area contributed by atoms with Gasteiger partial charge in [0, 0.05) is 30.6 Å². The molecular weight excluding hydrogens is 360 g/mol. The van der Waals surface area contributed by atoms with Crippen LogP contribution in [0.15, 0.2) is 48.0 Å². The van der Waals surface area contributed by atoms with Gasteiger partial charge in [-0.1, -0.05) is 6.07 Å². The number of nitrogens with one attached hydrogen (secondary N) is 3. The van der Waals surface area contributed by atoms with Crippen molar-refractivity contribution in [3.8, 4) is 0 Å². The van der Waals surface area contributed by atoms with Gasteiger partial charge in [-0.15, -0.1) is 21.5 Å². The van der Waals surface area contributed by atoms with Crippen LogP contribution in [0.5, 0.6) is 0 Å². The second kappa shape index (κ2) is 9.63. The fourth-order valence-corrected chi connectivity index (χ4v) is 3.34. The molecule has 0 spiro atoms. The van der Waals surface area contributed by atoms with Crippen molar-refractivity contribution in [1.29, 1.82) is 0 Å². The Hall–Kier alpha value is -3.00. The van der Waals surface area contributed by atoms with E-state index in [0.29, 0.717) is 37.0 Å². The first-order chi connectivity index (χ1) is 13.2. The Bertz CT molecular complexity index is 850. The average Bonchev–Trinajstić information content (AvgIpc) is 3.10. The molecule has 3 heterocycles. The highest BCUT2D eigenvalue weighted by molar-refractivity contribution is 7.10.